The van der Waals surface area contributed by atoms with E-state index in [0.717, 1.165) is 28.4 Å². The van der Waals surface area contributed by atoms with Gasteiger partial charge in [-0.1, -0.05) is 175 Å². The van der Waals surface area contributed by atoms with E-state index in [1.165, 1.54) is 72.5 Å². The molecule has 4 heteroatoms. The molecule has 318 valence electrons. The Morgan fingerprint density at radius 3 is 1.24 bits per heavy atom. The first-order valence-electron chi connectivity index (χ1n) is 23.3. The van der Waals surface area contributed by atoms with Crippen LogP contribution >= 0.6 is 0 Å². The summed E-state index contributed by atoms with van der Waals surface area (Å²) in [5.41, 5.74) is 21.2. The lowest BCUT2D eigenvalue weighted by molar-refractivity contribution is 0.745. The lowest BCUT2D eigenvalue weighted by Gasteiger charge is -2.44. The molecule has 12 rings (SSSR count). The van der Waals surface area contributed by atoms with Gasteiger partial charge >= 0.3 is 0 Å². The highest BCUT2D eigenvalue weighted by atomic mass is 15.2. The van der Waals surface area contributed by atoms with Crippen molar-refractivity contribution in [3.05, 3.63) is 288 Å². The SMILES string of the molecule is Cc1ccc2c(c1)B1c3ccccc3N(c3ccc(C(c4ccccc4)(c4ccccc4)c4ccccc4)cc3)c3cc(C)cc(c31)N2c1ccc(N(c2ccccc2)c2ccccc2)cc1. The first-order chi connectivity index (χ1) is 33.1. The third-order valence-corrected chi connectivity index (χ3v) is 13.8. The Kier molecular flexibility index (Phi) is 9.95. The second-order valence-electron chi connectivity index (χ2n) is 17.9. The van der Waals surface area contributed by atoms with Crippen molar-refractivity contribution < 1.29 is 0 Å². The molecule has 2 aliphatic heterocycles. The maximum atomic E-state index is 2.51. The van der Waals surface area contributed by atoms with Crippen LogP contribution in [0.25, 0.3) is 0 Å². The minimum absolute atomic E-state index is 0.0521. The first kappa shape index (κ1) is 40.2. The average molecular weight is 858 g/mol. The van der Waals surface area contributed by atoms with Crippen LogP contribution in [0.2, 0.25) is 0 Å². The van der Waals surface area contributed by atoms with Gasteiger partial charge in [-0.3, -0.25) is 0 Å². The van der Waals surface area contributed by atoms with Gasteiger partial charge in [0.15, 0.2) is 0 Å². The second kappa shape index (κ2) is 16.6. The summed E-state index contributed by atoms with van der Waals surface area (Å²) < 4.78 is 0. The minimum Gasteiger partial charge on any atom is -0.311 e. The van der Waals surface area contributed by atoms with Crippen LogP contribution in [0, 0.1) is 13.8 Å². The summed E-state index contributed by atoms with van der Waals surface area (Å²) in [5, 5.41) is 0. The van der Waals surface area contributed by atoms with Gasteiger partial charge in [-0.25, -0.2) is 0 Å². The Morgan fingerprint density at radius 2 is 0.731 bits per heavy atom. The fourth-order valence-corrected chi connectivity index (χ4v) is 11.0. The summed E-state index contributed by atoms with van der Waals surface area (Å²) >= 11 is 0. The highest BCUT2D eigenvalue weighted by molar-refractivity contribution is 7.00. The second-order valence-corrected chi connectivity index (χ2v) is 17.9. The average Bonchev–Trinajstić information content (AvgIpc) is 3.39. The molecular weight excluding hydrogens is 810 g/mol. The van der Waals surface area contributed by atoms with Crippen molar-refractivity contribution in [3.63, 3.8) is 0 Å². The van der Waals surface area contributed by atoms with Gasteiger partial charge in [0.25, 0.3) is 6.71 Å². The smallest absolute Gasteiger partial charge is 0.252 e. The molecule has 0 saturated carbocycles. The Balaban J connectivity index is 1.02. The van der Waals surface area contributed by atoms with Crippen molar-refractivity contribution in [2.45, 2.75) is 19.3 Å². The van der Waals surface area contributed by atoms with Crippen LogP contribution in [0.4, 0.5) is 51.2 Å². The van der Waals surface area contributed by atoms with Crippen molar-refractivity contribution in [3.8, 4) is 0 Å². The van der Waals surface area contributed by atoms with E-state index >= 15 is 0 Å². The molecule has 10 aromatic carbocycles. The van der Waals surface area contributed by atoms with Gasteiger partial charge in [-0.2, -0.15) is 0 Å². The van der Waals surface area contributed by atoms with Gasteiger partial charge in [0.05, 0.1) is 5.41 Å². The number of para-hydroxylation sites is 3. The number of nitrogens with zero attached hydrogens (tertiary/aromatic N) is 3. The van der Waals surface area contributed by atoms with E-state index in [4.69, 9.17) is 0 Å². The zero-order valence-electron chi connectivity index (χ0n) is 37.7. The third-order valence-electron chi connectivity index (χ3n) is 13.8. The summed E-state index contributed by atoms with van der Waals surface area (Å²) in [5.74, 6) is 0. The first-order valence-corrected chi connectivity index (χ1v) is 23.3. The van der Waals surface area contributed by atoms with Crippen LogP contribution in [0.1, 0.15) is 33.4 Å². The van der Waals surface area contributed by atoms with Crippen LogP contribution in [0.15, 0.2) is 255 Å². The number of anilines is 9. The maximum absolute atomic E-state index is 2.51. The zero-order valence-corrected chi connectivity index (χ0v) is 37.7. The van der Waals surface area contributed by atoms with E-state index in [2.05, 4.69) is 283 Å². The van der Waals surface area contributed by atoms with E-state index in [1.54, 1.807) is 0 Å². The molecule has 10 aromatic rings. The molecule has 0 aliphatic carbocycles. The Labute approximate surface area is 394 Å². The highest BCUT2D eigenvalue weighted by Gasteiger charge is 2.44. The molecule has 0 bridgehead atoms. The van der Waals surface area contributed by atoms with Gasteiger partial charge < -0.3 is 14.7 Å². The Hall–Kier alpha value is -8.34. The van der Waals surface area contributed by atoms with Crippen LogP contribution in [0.3, 0.4) is 0 Å². The van der Waals surface area contributed by atoms with Gasteiger partial charge in [-0.05, 0) is 143 Å². The summed E-state index contributed by atoms with van der Waals surface area (Å²) in [6.07, 6.45) is 0. The predicted molar refractivity (Wildman–Crippen MR) is 283 cm³/mol. The number of benzene rings is 10. The predicted octanol–water partition coefficient (Wildman–Crippen LogP) is 14.2. The van der Waals surface area contributed by atoms with E-state index in [0.29, 0.717) is 0 Å². The van der Waals surface area contributed by atoms with E-state index < -0.39 is 5.41 Å². The van der Waals surface area contributed by atoms with Crippen molar-refractivity contribution in [1.29, 1.82) is 0 Å². The maximum Gasteiger partial charge on any atom is 0.252 e. The molecule has 0 fully saturated rings. The van der Waals surface area contributed by atoms with Crippen molar-refractivity contribution in [2.24, 2.45) is 0 Å². The lowest BCUT2D eigenvalue weighted by Crippen LogP contribution is -2.61. The number of hydrogen-bond acceptors (Lipinski definition) is 3. The fraction of sp³-hybridized carbons (Fsp3) is 0.0476. The molecule has 67 heavy (non-hydrogen) atoms. The number of rotatable bonds is 9. The van der Waals surface area contributed by atoms with Crippen LogP contribution in [0.5, 0.6) is 0 Å². The topological polar surface area (TPSA) is 9.72 Å². The lowest BCUT2D eigenvalue weighted by atomic mass is 9.33. The molecule has 0 saturated heterocycles. The number of fused-ring (bicyclic) bond motifs is 4. The van der Waals surface area contributed by atoms with Gasteiger partial charge in [0.2, 0.25) is 0 Å². The molecule has 0 N–H and O–H groups in total. The van der Waals surface area contributed by atoms with Crippen LogP contribution < -0.4 is 31.1 Å². The third kappa shape index (κ3) is 6.67. The van der Waals surface area contributed by atoms with E-state index in [1.807, 2.05) is 0 Å². The monoisotopic (exact) mass is 857 g/mol. The largest absolute Gasteiger partial charge is 0.311 e. The molecule has 2 aliphatic rings. The molecule has 0 aromatic heterocycles. The molecule has 3 nitrogen and oxygen atoms in total. The van der Waals surface area contributed by atoms with Crippen molar-refractivity contribution in [1.82, 2.24) is 0 Å². The van der Waals surface area contributed by atoms with Crippen LogP contribution in [-0.4, -0.2) is 6.71 Å². The summed E-state index contributed by atoms with van der Waals surface area (Å²) in [7, 11) is 0. The van der Waals surface area contributed by atoms with Gasteiger partial charge in [0, 0.05) is 51.2 Å². The summed E-state index contributed by atoms with van der Waals surface area (Å²) in [6, 6.07) is 93.5. The molecule has 0 unspecified atom stereocenters. The molecule has 0 atom stereocenters. The molecule has 0 radical (unpaired) electrons. The van der Waals surface area contributed by atoms with Crippen molar-refractivity contribution >= 4 is 74.3 Å². The molecular formula is C63H48BN3. The quantitative estimate of drug-likeness (QED) is 0.106. The fourth-order valence-electron chi connectivity index (χ4n) is 11.0. The molecule has 2 heterocycles. The highest BCUT2D eigenvalue weighted by Crippen LogP contribution is 2.48. The minimum atomic E-state index is -0.535. The van der Waals surface area contributed by atoms with E-state index in [-0.39, 0.29) is 6.71 Å². The molecule has 0 spiro atoms. The summed E-state index contributed by atoms with van der Waals surface area (Å²) in [4.78, 5) is 7.33. The Morgan fingerprint density at radius 1 is 0.328 bits per heavy atom. The Bertz CT molecular complexity index is 3220. The van der Waals surface area contributed by atoms with Gasteiger partial charge in [0.1, 0.15) is 0 Å². The summed E-state index contributed by atoms with van der Waals surface area (Å²) in [6.45, 7) is 4.51. The van der Waals surface area contributed by atoms with Crippen molar-refractivity contribution in [2.75, 3.05) is 14.7 Å². The van der Waals surface area contributed by atoms with Gasteiger partial charge in [-0.15, -0.1) is 0 Å². The normalized spacial score (nSPS) is 12.5. The molecule has 0 amide bonds. The number of hydrogen-bond donors (Lipinski definition) is 0. The van der Waals surface area contributed by atoms with E-state index in [9.17, 15) is 0 Å². The zero-order chi connectivity index (χ0) is 44.9. The number of aryl methyl sites for hydroxylation is 2. The van der Waals surface area contributed by atoms with Crippen LogP contribution in [-0.2, 0) is 5.41 Å². The standard InChI is InChI=1S/C63H48BN3/c1-45-32-41-59-57(42-45)64-56-30-18-19-31-58(56)66(54-35-33-50(34-36-54)63(47-20-8-3-9-21-47,48-22-10-4-11-23-48)49-24-12-5-13-25-49)60-43-46(2)44-61(62(60)64)67(59)55-39-37-53(38-40-55)65(51-26-14-6-15-27-51)52-28-16-7-17-29-52/h3-44H,1-2H3.